The van der Waals surface area contributed by atoms with Crippen LogP contribution in [-0.2, 0) is 11.2 Å². The van der Waals surface area contributed by atoms with Crippen molar-refractivity contribution in [2.45, 2.75) is 25.9 Å². The van der Waals surface area contributed by atoms with Gasteiger partial charge in [-0.1, -0.05) is 24.0 Å². The Morgan fingerprint density at radius 3 is 3.05 bits per heavy atom. The quantitative estimate of drug-likeness (QED) is 0.685. The Morgan fingerprint density at radius 1 is 1.48 bits per heavy atom. The van der Waals surface area contributed by atoms with Crippen molar-refractivity contribution < 1.29 is 14.3 Å². The second-order valence-electron chi connectivity index (χ2n) is 5.34. The van der Waals surface area contributed by atoms with E-state index in [1.54, 1.807) is 0 Å². The van der Waals surface area contributed by atoms with Crippen LogP contribution in [0.1, 0.15) is 19.4 Å². The van der Waals surface area contributed by atoms with E-state index in [9.17, 15) is 4.79 Å². The van der Waals surface area contributed by atoms with Crippen LogP contribution in [0.2, 0.25) is 0 Å². The van der Waals surface area contributed by atoms with Gasteiger partial charge in [-0.15, -0.1) is 11.6 Å². The molecule has 0 saturated heterocycles. The average molecular weight is 308 g/mol. The van der Waals surface area contributed by atoms with Crippen molar-refractivity contribution in [1.82, 2.24) is 5.32 Å². The van der Waals surface area contributed by atoms with Crippen LogP contribution in [0.3, 0.4) is 0 Å². The van der Waals surface area contributed by atoms with Gasteiger partial charge in [0.1, 0.15) is 18.1 Å². The molecule has 2 rings (SSSR count). The lowest BCUT2D eigenvalue weighted by atomic mass is 10.0. The lowest BCUT2D eigenvalue weighted by Crippen LogP contribution is -2.24. The van der Waals surface area contributed by atoms with E-state index in [-0.39, 0.29) is 30.5 Å². The largest absolute Gasteiger partial charge is 0.483 e. The Balaban J connectivity index is 1.87. The molecule has 0 atom stereocenters. The summed E-state index contributed by atoms with van der Waals surface area (Å²) >= 11 is 5.35. The van der Waals surface area contributed by atoms with Crippen LogP contribution in [0.4, 0.5) is 0 Å². The maximum atomic E-state index is 10.9. The molecule has 0 bridgehead atoms. The smallest absolute Gasteiger partial charge is 0.235 e. The van der Waals surface area contributed by atoms with Gasteiger partial charge in [-0.25, -0.2) is 0 Å². The summed E-state index contributed by atoms with van der Waals surface area (Å²) in [5.41, 5.74) is 0.958. The number of nitrogens with one attached hydrogen (secondary N) is 1. The molecule has 0 aliphatic carbocycles. The van der Waals surface area contributed by atoms with E-state index < -0.39 is 0 Å². The number of ether oxygens (including phenoxy) is 2. The highest BCUT2D eigenvalue weighted by molar-refractivity contribution is 6.27. The molecule has 0 aromatic heterocycles. The van der Waals surface area contributed by atoms with Crippen LogP contribution in [0.15, 0.2) is 18.2 Å². The van der Waals surface area contributed by atoms with Crippen LogP contribution in [-0.4, -0.2) is 30.5 Å². The van der Waals surface area contributed by atoms with Crippen LogP contribution < -0.4 is 14.8 Å². The van der Waals surface area contributed by atoms with Gasteiger partial charge in [0.25, 0.3) is 0 Å². The monoisotopic (exact) mass is 307 g/mol. The number of alkyl halides is 1. The number of carbonyl (C=O) groups is 1. The number of carbonyl (C=O) groups excluding carboxylic acids is 1. The molecule has 1 aliphatic heterocycles. The Labute approximate surface area is 129 Å². The number of halogens is 1. The van der Waals surface area contributed by atoms with E-state index >= 15 is 0 Å². The summed E-state index contributed by atoms with van der Waals surface area (Å²) in [5.74, 6) is 6.86. The second kappa shape index (κ2) is 6.73. The normalized spacial score (nSPS) is 14.4. The third-order valence-electron chi connectivity index (χ3n) is 2.98. The topological polar surface area (TPSA) is 47.6 Å². The number of hydrogen-bond donors (Lipinski definition) is 1. The summed E-state index contributed by atoms with van der Waals surface area (Å²) in [4.78, 5) is 10.9. The van der Waals surface area contributed by atoms with Crippen molar-refractivity contribution in [1.29, 1.82) is 0 Å². The van der Waals surface area contributed by atoms with Crippen molar-refractivity contribution in [3.63, 3.8) is 0 Å². The van der Waals surface area contributed by atoms with Crippen LogP contribution in [0, 0.1) is 11.8 Å². The van der Waals surface area contributed by atoms with Gasteiger partial charge in [0, 0.05) is 12.0 Å². The number of amides is 1. The number of para-hydroxylation sites is 1. The molecule has 1 amide bonds. The maximum absolute atomic E-state index is 10.9. The fourth-order valence-electron chi connectivity index (χ4n) is 2.12. The Kier molecular flexibility index (Phi) is 4.98. The molecule has 0 spiro atoms. The SMILES string of the molecule is CC1(C)Cc2cccc(OCC#CCNC(=O)CCl)c2O1. The van der Waals surface area contributed by atoms with E-state index in [0.717, 1.165) is 17.7 Å². The molecule has 0 radical (unpaired) electrons. The molecule has 1 heterocycles. The van der Waals surface area contributed by atoms with Gasteiger partial charge in [0.15, 0.2) is 11.5 Å². The molecule has 5 heteroatoms. The van der Waals surface area contributed by atoms with Gasteiger partial charge in [0.05, 0.1) is 6.54 Å². The summed E-state index contributed by atoms with van der Waals surface area (Å²) in [6, 6.07) is 5.87. The third-order valence-corrected chi connectivity index (χ3v) is 3.22. The Bertz CT molecular complexity index is 587. The molecule has 0 fully saturated rings. The molecule has 112 valence electrons. The molecule has 1 aromatic rings. The molecule has 0 unspecified atom stereocenters. The van der Waals surface area contributed by atoms with E-state index in [1.165, 1.54) is 0 Å². The average Bonchev–Trinajstić information content (AvgIpc) is 2.76. The van der Waals surface area contributed by atoms with E-state index in [4.69, 9.17) is 21.1 Å². The molecule has 0 saturated carbocycles. The lowest BCUT2D eigenvalue weighted by molar-refractivity contribution is -0.118. The fourth-order valence-corrected chi connectivity index (χ4v) is 2.21. The Morgan fingerprint density at radius 2 is 2.29 bits per heavy atom. The summed E-state index contributed by atoms with van der Waals surface area (Å²) < 4.78 is 11.5. The fraction of sp³-hybridized carbons (Fsp3) is 0.438. The van der Waals surface area contributed by atoms with Gasteiger partial charge in [-0.2, -0.15) is 0 Å². The minimum Gasteiger partial charge on any atom is -0.483 e. The van der Waals surface area contributed by atoms with Gasteiger partial charge >= 0.3 is 0 Å². The number of hydrogen-bond acceptors (Lipinski definition) is 3. The van der Waals surface area contributed by atoms with Crippen molar-refractivity contribution in [3.8, 4) is 23.3 Å². The summed E-state index contributed by atoms with van der Waals surface area (Å²) in [6.07, 6.45) is 0.871. The highest BCUT2D eigenvalue weighted by atomic mass is 35.5. The predicted molar refractivity (Wildman–Crippen MR) is 81.9 cm³/mol. The Hall–Kier alpha value is -1.86. The summed E-state index contributed by atoms with van der Waals surface area (Å²) in [6.45, 7) is 4.62. The zero-order chi connectivity index (χ0) is 15.3. The first-order valence-corrected chi connectivity index (χ1v) is 7.27. The highest BCUT2D eigenvalue weighted by Crippen LogP contribution is 2.41. The van der Waals surface area contributed by atoms with E-state index in [1.807, 2.05) is 18.2 Å². The second-order valence-corrected chi connectivity index (χ2v) is 5.60. The molecule has 21 heavy (non-hydrogen) atoms. The van der Waals surface area contributed by atoms with Crippen molar-refractivity contribution >= 4 is 17.5 Å². The first kappa shape index (κ1) is 15.5. The van der Waals surface area contributed by atoms with Crippen molar-refractivity contribution in [3.05, 3.63) is 23.8 Å². The third kappa shape index (κ3) is 4.30. The van der Waals surface area contributed by atoms with Gasteiger partial charge in [-0.3, -0.25) is 4.79 Å². The van der Waals surface area contributed by atoms with Gasteiger partial charge in [-0.05, 0) is 19.9 Å². The predicted octanol–water partition coefficient (Wildman–Crippen LogP) is 2.14. The van der Waals surface area contributed by atoms with Gasteiger partial charge < -0.3 is 14.8 Å². The zero-order valence-corrected chi connectivity index (χ0v) is 12.9. The zero-order valence-electron chi connectivity index (χ0n) is 12.2. The summed E-state index contributed by atoms with van der Waals surface area (Å²) in [7, 11) is 0. The highest BCUT2D eigenvalue weighted by Gasteiger charge is 2.32. The van der Waals surface area contributed by atoms with Crippen LogP contribution in [0.5, 0.6) is 11.5 Å². The standard InChI is InChI=1S/C16H18ClNO3/c1-16(2)10-12-6-5-7-13(15(12)21-16)20-9-4-3-8-18-14(19)11-17/h5-7H,8-11H2,1-2H3,(H,18,19). The first-order valence-electron chi connectivity index (χ1n) is 6.74. The van der Waals surface area contributed by atoms with E-state index in [2.05, 4.69) is 31.0 Å². The van der Waals surface area contributed by atoms with Crippen LogP contribution >= 0.6 is 11.6 Å². The lowest BCUT2D eigenvalue weighted by Gasteiger charge is -2.17. The molecular formula is C16H18ClNO3. The molecule has 4 nitrogen and oxygen atoms in total. The molecule has 1 aliphatic rings. The van der Waals surface area contributed by atoms with Crippen molar-refractivity contribution in [2.24, 2.45) is 0 Å². The number of benzene rings is 1. The van der Waals surface area contributed by atoms with E-state index in [0.29, 0.717) is 5.75 Å². The van der Waals surface area contributed by atoms with Crippen molar-refractivity contribution in [2.75, 3.05) is 19.0 Å². The minimum absolute atomic E-state index is 0.0541. The van der Waals surface area contributed by atoms with Crippen LogP contribution in [0.25, 0.3) is 0 Å². The van der Waals surface area contributed by atoms with Gasteiger partial charge in [0.2, 0.25) is 5.91 Å². The summed E-state index contributed by atoms with van der Waals surface area (Å²) in [5, 5.41) is 2.56. The first-order chi connectivity index (χ1) is 10.0. The number of rotatable bonds is 4. The molecule has 1 N–H and O–H groups in total. The molecular weight excluding hydrogens is 290 g/mol. The molecule has 1 aromatic carbocycles. The number of fused-ring (bicyclic) bond motifs is 1. The maximum Gasteiger partial charge on any atom is 0.235 e. The minimum atomic E-state index is -0.233.